The number of carbonyl (C=O) groups is 1. The number of amides is 1. The quantitative estimate of drug-likeness (QED) is 0.897. The molecule has 0 saturated carbocycles. The van der Waals surface area contributed by atoms with Crippen LogP contribution < -0.4 is 5.32 Å². The Kier molecular flexibility index (Phi) is 4.58. The van der Waals surface area contributed by atoms with Gasteiger partial charge >= 0.3 is 0 Å². The van der Waals surface area contributed by atoms with Gasteiger partial charge in [0.25, 0.3) is 5.91 Å². The molecule has 0 radical (unpaired) electrons. The number of aryl methyl sites for hydroxylation is 1. The second-order valence-corrected chi connectivity index (χ2v) is 7.10. The van der Waals surface area contributed by atoms with E-state index in [2.05, 4.69) is 20.4 Å². The molecule has 138 valence electrons. The van der Waals surface area contributed by atoms with Crippen molar-refractivity contribution in [2.45, 2.75) is 37.3 Å². The van der Waals surface area contributed by atoms with E-state index in [-0.39, 0.29) is 11.5 Å². The lowest BCUT2D eigenvalue weighted by atomic mass is 9.82. The van der Waals surface area contributed by atoms with Gasteiger partial charge in [0.2, 0.25) is 5.95 Å². The highest BCUT2D eigenvalue weighted by molar-refractivity contribution is 5.92. The molecule has 1 unspecified atom stereocenters. The Morgan fingerprint density at radius 2 is 2.08 bits per heavy atom. The first-order chi connectivity index (χ1) is 12.6. The summed E-state index contributed by atoms with van der Waals surface area (Å²) in [5, 5.41) is 7.64. The largest absolute Gasteiger partial charge is 0.375 e. The highest BCUT2D eigenvalue weighted by atomic mass is 16.5. The van der Waals surface area contributed by atoms with Crippen molar-refractivity contribution < 1.29 is 9.53 Å². The van der Waals surface area contributed by atoms with Gasteiger partial charge in [-0.2, -0.15) is 5.10 Å². The molecule has 1 spiro atoms. The van der Waals surface area contributed by atoms with Crippen LogP contribution in [-0.4, -0.2) is 61.9 Å². The molecule has 0 bridgehead atoms. The molecule has 2 aliphatic heterocycles. The molecule has 26 heavy (non-hydrogen) atoms. The number of hydrogen-bond donors (Lipinski definition) is 1. The number of hydrogen-bond acceptors (Lipinski definition) is 6. The predicted octanol–water partition coefficient (Wildman–Crippen LogP) is 1.48. The van der Waals surface area contributed by atoms with E-state index in [1.54, 1.807) is 29.3 Å². The summed E-state index contributed by atoms with van der Waals surface area (Å²) >= 11 is 0. The van der Waals surface area contributed by atoms with Crippen molar-refractivity contribution in [1.82, 2.24) is 24.6 Å². The van der Waals surface area contributed by atoms with Crippen LogP contribution in [0.15, 0.2) is 30.7 Å². The molecular weight excluding hydrogens is 332 g/mol. The number of rotatable bonds is 3. The minimum Gasteiger partial charge on any atom is -0.375 e. The van der Waals surface area contributed by atoms with E-state index >= 15 is 0 Å². The third-order valence-electron chi connectivity index (χ3n) is 5.29. The summed E-state index contributed by atoms with van der Waals surface area (Å²) < 4.78 is 7.83. The molecule has 2 aromatic rings. The minimum atomic E-state index is -0.161. The van der Waals surface area contributed by atoms with Crippen LogP contribution in [0, 0.1) is 0 Å². The first-order valence-electron chi connectivity index (χ1n) is 9.10. The standard InChI is InChI=1S/C18H24N6O2/c1-23-9-3-15(22-23)16(25)24-10-5-18(6-11-24)13-14(4-12-26-18)21-17-19-7-2-8-20-17/h2-3,7-9,14H,4-6,10-13H2,1H3,(H,19,20,21). The van der Waals surface area contributed by atoms with Crippen LogP contribution in [0.5, 0.6) is 0 Å². The van der Waals surface area contributed by atoms with Crippen LogP contribution in [0.4, 0.5) is 5.95 Å². The maximum absolute atomic E-state index is 12.6. The fraction of sp³-hybridized carbons (Fsp3) is 0.556. The highest BCUT2D eigenvalue weighted by Crippen LogP contribution is 2.36. The smallest absolute Gasteiger partial charge is 0.274 e. The van der Waals surface area contributed by atoms with Gasteiger partial charge in [-0.3, -0.25) is 9.48 Å². The summed E-state index contributed by atoms with van der Waals surface area (Å²) in [6.45, 7) is 2.12. The normalized spacial score (nSPS) is 22.3. The van der Waals surface area contributed by atoms with Gasteiger partial charge < -0.3 is 15.0 Å². The van der Waals surface area contributed by atoms with Crippen molar-refractivity contribution in [2.24, 2.45) is 7.05 Å². The molecule has 2 fully saturated rings. The van der Waals surface area contributed by atoms with Crippen LogP contribution in [-0.2, 0) is 11.8 Å². The molecular formula is C18H24N6O2. The van der Waals surface area contributed by atoms with Crippen molar-refractivity contribution in [1.29, 1.82) is 0 Å². The number of carbonyl (C=O) groups excluding carboxylic acids is 1. The van der Waals surface area contributed by atoms with Crippen LogP contribution in [0.25, 0.3) is 0 Å². The summed E-state index contributed by atoms with van der Waals surface area (Å²) in [7, 11) is 1.82. The lowest BCUT2D eigenvalue weighted by Gasteiger charge is -2.46. The van der Waals surface area contributed by atoms with Gasteiger partial charge in [-0.1, -0.05) is 0 Å². The molecule has 0 aromatic carbocycles. The molecule has 4 heterocycles. The van der Waals surface area contributed by atoms with Crippen molar-refractivity contribution >= 4 is 11.9 Å². The van der Waals surface area contributed by atoms with E-state index in [1.807, 2.05) is 18.0 Å². The molecule has 8 nitrogen and oxygen atoms in total. The molecule has 1 amide bonds. The zero-order chi connectivity index (χ0) is 18.0. The van der Waals surface area contributed by atoms with Gasteiger partial charge in [0.15, 0.2) is 0 Å². The second-order valence-electron chi connectivity index (χ2n) is 7.10. The lowest BCUT2D eigenvalue weighted by molar-refractivity contribution is -0.110. The van der Waals surface area contributed by atoms with E-state index in [0.29, 0.717) is 30.8 Å². The molecule has 2 aromatic heterocycles. The number of aromatic nitrogens is 4. The monoisotopic (exact) mass is 356 g/mol. The third kappa shape index (κ3) is 3.55. The van der Waals surface area contributed by atoms with Crippen LogP contribution in [0.1, 0.15) is 36.2 Å². The highest BCUT2D eigenvalue weighted by Gasteiger charge is 2.41. The van der Waals surface area contributed by atoms with Gasteiger partial charge in [-0.25, -0.2) is 9.97 Å². The van der Waals surface area contributed by atoms with Gasteiger partial charge in [-0.05, 0) is 37.8 Å². The minimum absolute atomic E-state index is 0.00335. The number of ether oxygens (including phenoxy) is 1. The van der Waals surface area contributed by atoms with E-state index in [9.17, 15) is 4.79 Å². The van der Waals surface area contributed by atoms with Gasteiger partial charge in [0.1, 0.15) is 5.69 Å². The number of anilines is 1. The maximum atomic E-state index is 12.6. The number of likely N-dealkylation sites (tertiary alicyclic amines) is 1. The Morgan fingerprint density at radius 3 is 2.77 bits per heavy atom. The van der Waals surface area contributed by atoms with Crippen LogP contribution in [0.3, 0.4) is 0 Å². The van der Waals surface area contributed by atoms with Crippen molar-refractivity contribution in [3.05, 3.63) is 36.4 Å². The summed E-state index contributed by atoms with van der Waals surface area (Å²) in [6.07, 6.45) is 8.83. The second kappa shape index (κ2) is 7.03. The molecule has 2 aliphatic rings. The SMILES string of the molecule is Cn1ccc(C(=O)N2CCC3(CC2)CC(Nc2ncccn2)CCO3)n1. The first kappa shape index (κ1) is 17.0. The number of nitrogens with one attached hydrogen (secondary N) is 1. The van der Waals surface area contributed by atoms with Crippen LogP contribution in [0.2, 0.25) is 0 Å². The molecule has 8 heteroatoms. The molecule has 4 rings (SSSR count). The summed E-state index contributed by atoms with van der Waals surface area (Å²) in [5.41, 5.74) is 0.347. The third-order valence-corrected chi connectivity index (χ3v) is 5.29. The predicted molar refractivity (Wildman–Crippen MR) is 95.7 cm³/mol. The fourth-order valence-corrected chi connectivity index (χ4v) is 3.86. The van der Waals surface area contributed by atoms with E-state index in [1.165, 1.54) is 0 Å². The van der Waals surface area contributed by atoms with Gasteiger partial charge in [0, 0.05) is 51.4 Å². The Morgan fingerprint density at radius 1 is 1.31 bits per heavy atom. The topological polar surface area (TPSA) is 85.2 Å². The summed E-state index contributed by atoms with van der Waals surface area (Å²) in [5.74, 6) is 0.668. The van der Waals surface area contributed by atoms with Crippen molar-refractivity contribution in [3.63, 3.8) is 0 Å². The molecule has 2 saturated heterocycles. The number of nitrogens with zero attached hydrogens (tertiary/aromatic N) is 5. The van der Waals surface area contributed by atoms with Crippen molar-refractivity contribution in [2.75, 3.05) is 25.0 Å². The average molecular weight is 356 g/mol. The molecule has 1 atom stereocenters. The van der Waals surface area contributed by atoms with E-state index < -0.39 is 0 Å². The van der Waals surface area contributed by atoms with E-state index in [0.717, 1.165) is 32.3 Å². The Balaban J connectivity index is 1.36. The Bertz CT molecular complexity index is 754. The Labute approximate surface area is 152 Å². The zero-order valence-electron chi connectivity index (χ0n) is 15.0. The van der Waals surface area contributed by atoms with Gasteiger partial charge in [0.05, 0.1) is 5.60 Å². The Hall–Kier alpha value is -2.48. The first-order valence-corrected chi connectivity index (χ1v) is 9.10. The van der Waals surface area contributed by atoms with E-state index in [4.69, 9.17) is 4.74 Å². The molecule has 0 aliphatic carbocycles. The molecule has 1 N–H and O–H groups in total. The average Bonchev–Trinajstić information content (AvgIpc) is 3.09. The summed E-state index contributed by atoms with van der Waals surface area (Å²) in [4.78, 5) is 23.0. The number of piperidine rings is 1. The zero-order valence-corrected chi connectivity index (χ0v) is 15.0. The van der Waals surface area contributed by atoms with Crippen LogP contribution >= 0.6 is 0 Å². The van der Waals surface area contributed by atoms with Crippen molar-refractivity contribution in [3.8, 4) is 0 Å². The summed E-state index contributed by atoms with van der Waals surface area (Å²) in [6, 6.07) is 3.87. The maximum Gasteiger partial charge on any atom is 0.274 e. The fourth-order valence-electron chi connectivity index (χ4n) is 3.86. The lowest BCUT2D eigenvalue weighted by Crippen LogP contribution is -2.52. The van der Waals surface area contributed by atoms with Gasteiger partial charge in [-0.15, -0.1) is 0 Å².